The normalized spacial score (nSPS) is 10.4. The van der Waals surface area contributed by atoms with Crippen molar-refractivity contribution in [1.29, 1.82) is 0 Å². The summed E-state index contributed by atoms with van der Waals surface area (Å²) in [6.45, 7) is 0. The van der Waals surface area contributed by atoms with Crippen molar-refractivity contribution < 1.29 is 4.79 Å². The highest BCUT2D eigenvalue weighted by atomic mass is 32.2. The molecule has 0 saturated heterocycles. The van der Waals surface area contributed by atoms with Crippen LogP contribution in [0.25, 0.3) is 0 Å². The molecule has 1 heterocycles. The zero-order valence-corrected chi connectivity index (χ0v) is 9.96. The van der Waals surface area contributed by atoms with Gasteiger partial charge in [-0.1, -0.05) is 11.8 Å². The lowest BCUT2D eigenvalue weighted by molar-refractivity contribution is -0.121. The minimum atomic E-state index is -0.132. The Labute approximate surface area is 97.9 Å². The molecular weight excluding hydrogens is 228 g/mol. The molecule has 5 N–H and O–H groups in total. The van der Waals surface area contributed by atoms with Crippen LogP contribution >= 0.6 is 11.8 Å². The molecule has 0 unspecified atom stereocenters. The number of hydrogen-bond donors (Lipinski definition) is 3. The van der Waals surface area contributed by atoms with E-state index in [1.54, 1.807) is 16.3 Å². The van der Waals surface area contributed by atoms with Crippen LogP contribution in [0.4, 0.5) is 5.95 Å². The maximum absolute atomic E-state index is 10.8. The Morgan fingerprint density at radius 3 is 2.81 bits per heavy atom. The number of thioether (sulfide) groups is 1. The molecule has 16 heavy (non-hydrogen) atoms. The first-order chi connectivity index (χ1) is 7.65. The summed E-state index contributed by atoms with van der Waals surface area (Å²) in [6.07, 6.45) is 2.19. The van der Waals surface area contributed by atoms with Crippen LogP contribution in [-0.4, -0.2) is 26.4 Å². The van der Waals surface area contributed by atoms with E-state index in [0.717, 1.165) is 23.8 Å². The van der Waals surface area contributed by atoms with E-state index in [1.165, 1.54) is 0 Å². The van der Waals surface area contributed by atoms with E-state index in [4.69, 9.17) is 11.6 Å². The molecule has 0 aliphatic heterocycles. The zero-order chi connectivity index (χ0) is 12.0. The first-order valence-electron chi connectivity index (χ1n) is 4.92. The number of anilines is 1. The SMILES string of the molecule is Cn1c(N)nnc1SCCCCC(=O)NN. The fourth-order valence-electron chi connectivity index (χ4n) is 1.08. The van der Waals surface area contributed by atoms with E-state index >= 15 is 0 Å². The van der Waals surface area contributed by atoms with E-state index in [-0.39, 0.29) is 5.91 Å². The molecule has 0 aliphatic carbocycles. The van der Waals surface area contributed by atoms with E-state index in [1.807, 2.05) is 7.05 Å². The number of amides is 1. The monoisotopic (exact) mass is 244 g/mol. The number of unbranched alkanes of at least 4 members (excludes halogenated alkanes) is 1. The van der Waals surface area contributed by atoms with Gasteiger partial charge in [-0.15, -0.1) is 10.2 Å². The first-order valence-corrected chi connectivity index (χ1v) is 5.91. The Morgan fingerprint density at radius 2 is 2.25 bits per heavy atom. The highest BCUT2D eigenvalue weighted by Gasteiger charge is 2.05. The summed E-state index contributed by atoms with van der Waals surface area (Å²) in [6, 6.07) is 0. The van der Waals surface area contributed by atoms with Crippen LogP contribution < -0.4 is 17.0 Å². The van der Waals surface area contributed by atoms with Crippen molar-refractivity contribution in [2.75, 3.05) is 11.5 Å². The van der Waals surface area contributed by atoms with Gasteiger partial charge in [0.1, 0.15) is 0 Å². The van der Waals surface area contributed by atoms with Crippen molar-refractivity contribution in [3.05, 3.63) is 0 Å². The van der Waals surface area contributed by atoms with Gasteiger partial charge >= 0.3 is 0 Å². The Morgan fingerprint density at radius 1 is 1.50 bits per heavy atom. The van der Waals surface area contributed by atoms with Gasteiger partial charge in [0.25, 0.3) is 0 Å². The van der Waals surface area contributed by atoms with Gasteiger partial charge in [-0.25, -0.2) is 5.84 Å². The lowest BCUT2D eigenvalue weighted by Crippen LogP contribution is -2.29. The van der Waals surface area contributed by atoms with E-state index in [2.05, 4.69) is 15.6 Å². The van der Waals surface area contributed by atoms with Gasteiger partial charge < -0.3 is 5.73 Å². The highest BCUT2D eigenvalue weighted by Crippen LogP contribution is 2.17. The standard InChI is InChI=1S/C8H16N6OS/c1-14-7(9)12-13-8(14)16-5-3-2-4-6(15)11-10/h2-5,10H2,1H3,(H2,9,12)(H,11,15). The second-order valence-electron chi connectivity index (χ2n) is 3.27. The van der Waals surface area contributed by atoms with Crippen LogP contribution in [0.5, 0.6) is 0 Å². The van der Waals surface area contributed by atoms with Crippen molar-refractivity contribution in [3.8, 4) is 0 Å². The minimum absolute atomic E-state index is 0.132. The summed E-state index contributed by atoms with van der Waals surface area (Å²) in [5, 5.41) is 8.45. The predicted molar refractivity (Wildman–Crippen MR) is 62.3 cm³/mol. The topological polar surface area (TPSA) is 112 Å². The van der Waals surface area contributed by atoms with Gasteiger partial charge in [0.2, 0.25) is 11.9 Å². The van der Waals surface area contributed by atoms with E-state index in [0.29, 0.717) is 12.4 Å². The van der Waals surface area contributed by atoms with Gasteiger partial charge in [0.05, 0.1) is 0 Å². The summed E-state index contributed by atoms with van der Waals surface area (Å²) in [5.74, 6) is 6.11. The molecule has 0 radical (unpaired) electrons. The maximum atomic E-state index is 10.8. The van der Waals surface area contributed by atoms with E-state index in [9.17, 15) is 4.79 Å². The third-order valence-electron chi connectivity index (χ3n) is 2.06. The van der Waals surface area contributed by atoms with Crippen LogP contribution in [0, 0.1) is 0 Å². The average molecular weight is 244 g/mol. The molecule has 1 amide bonds. The molecule has 90 valence electrons. The first kappa shape index (κ1) is 12.8. The van der Waals surface area contributed by atoms with Gasteiger partial charge in [-0.2, -0.15) is 0 Å². The number of aromatic nitrogens is 3. The minimum Gasteiger partial charge on any atom is -0.368 e. The summed E-state index contributed by atoms with van der Waals surface area (Å²) in [4.78, 5) is 10.8. The smallest absolute Gasteiger partial charge is 0.233 e. The third kappa shape index (κ3) is 3.70. The lowest BCUT2D eigenvalue weighted by atomic mass is 10.2. The molecule has 1 aromatic rings. The average Bonchev–Trinajstić information content (AvgIpc) is 2.60. The van der Waals surface area contributed by atoms with Crippen LogP contribution in [0.15, 0.2) is 5.16 Å². The van der Waals surface area contributed by atoms with Gasteiger partial charge in [-0.3, -0.25) is 14.8 Å². The number of carbonyl (C=O) groups excluding carboxylic acids is 1. The molecule has 1 aromatic heterocycles. The molecule has 0 aromatic carbocycles. The molecule has 0 fully saturated rings. The Balaban J connectivity index is 2.16. The van der Waals surface area contributed by atoms with Crippen molar-refractivity contribution in [2.24, 2.45) is 12.9 Å². The number of hydrazine groups is 1. The number of carbonyl (C=O) groups is 1. The quantitative estimate of drug-likeness (QED) is 0.207. The number of nitrogens with zero attached hydrogens (tertiary/aromatic N) is 3. The fourth-order valence-corrected chi connectivity index (χ4v) is 1.99. The molecule has 0 bridgehead atoms. The van der Waals surface area contributed by atoms with Crippen LogP contribution in [0.2, 0.25) is 0 Å². The molecule has 0 atom stereocenters. The third-order valence-corrected chi connectivity index (χ3v) is 3.17. The predicted octanol–water partition coefficient (Wildman–Crippen LogP) is -0.350. The molecular formula is C8H16N6OS. The number of rotatable bonds is 6. The largest absolute Gasteiger partial charge is 0.368 e. The number of nitrogen functional groups attached to an aromatic ring is 1. The van der Waals surface area contributed by atoms with Crippen molar-refractivity contribution in [3.63, 3.8) is 0 Å². The molecule has 0 spiro atoms. The van der Waals surface area contributed by atoms with Crippen molar-refractivity contribution in [2.45, 2.75) is 24.4 Å². The summed E-state index contributed by atoms with van der Waals surface area (Å²) in [5.41, 5.74) is 7.64. The number of nitrogens with one attached hydrogen (secondary N) is 1. The molecule has 8 heteroatoms. The zero-order valence-electron chi connectivity index (χ0n) is 9.14. The van der Waals surface area contributed by atoms with Gasteiger partial charge in [-0.05, 0) is 12.8 Å². The van der Waals surface area contributed by atoms with Crippen LogP contribution in [0.1, 0.15) is 19.3 Å². The maximum Gasteiger partial charge on any atom is 0.233 e. The molecule has 0 saturated carbocycles. The molecule has 7 nitrogen and oxygen atoms in total. The van der Waals surface area contributed by atoms with Gasteiger partial charge in [0, 0.05) is 19.2 Å². The molecule has 0 aliphatic rings. The Bertz CT molecular complexity index is 352. The van der Waals surface area contributed by atoms with E-state index < -0.39 is 0 Å². The fraction of sp³-hybridized carbons (Fsp3) is 0.625. The Hall–Kier alpha value is -1.28. The van der Waals surface area contributed by atoms with Crippen molar-refractivity contribution in [1.82, 2.24) is 20.2 Å². The van der Waals surface area contributed by atoms with Gasteiger partial charge in [0.15, 0.2) is 5.16 Å². The second kappa shape index (κ2) is 6.33. The number of hydrogen-bond acceptors (Lipinski definition) is 6. The van der Waals surface area contributed by atoms with Crippen LogP contribution in [-0.2, 0) is 11.8 Å². The van der Waals surface area contributed by atoms with Crippen LogP contribution in [0.3, 0.4) is 0 Å². The summed E-state index contributed by atoms with van der Waals surface area (Å²) >= 11 is 1.57. The van der Waals surface area contributed by atoms with Crippen molar-refractivity contribution >= 4 is 23.6 Å². The highest BCUT2D eigenvalue weighted by molar-refractivity contribution is 7.99. The lowest BCUT2D eigenvalue weighted by Gasteiger charge is -2.01. The summed E-state index contributed by atoms with van der Waals surface area (Å²) in [7, 11) is 1.82. The number of nitrogens with two attached hydrogens (primary N) is 2. The second-order valence-corrected chi connectivity index (χ2v) is 4.33. The Kier molecular flexibility index (Phi) is 5.06. The summed E-state index contributed by atoms with van der Waals surface area (Å²) < 4.78 is 1.73. The molecule has 1 rings (SSSR count).